The molecule has 6 heteroatoms. The van der Waals surface area contributed by atoms with Gasteiger partial charge >= 0.3 is 109 Å². The van der Waals surface area contributed by atoms with Crippen LogP contribution in [0.3, 0.4) is 0 Å². The third-order valence-electron chi connectivity index (χ3n) is 2.96. The van der Waals surface area contributed by atoms with Crippen LogP contribution >= 0.6 is 7.82 Å². The van der Waals surface area contributed by atoms with E-state index in [1.165, 1.54) is 56.9 Å². The Labute approximate surface area is 135 Å². The van der Waals surface area contributed by atoms with Gasteiger partial charge in [-0.05, 0) is 0 Å². The van der Waals surface area contributed by atoms with Gasteiger partial charge in [0, 0.05) is 0 Å². The molecule has 0 aliphatic heterocycles. The van der Waals surface area contributed by atoms with Crippen LogP contribution in [0.4, 0.5) is 0 Å². The van der Waals surface area contributed by atoms with Gasteiger partial charge in [0.15, 0.2) is 0 Å². The van der Waals surface area contributed by atoms with E-state index in [9.17, 15) is 0 Å². The first kappa shape index (κ1) is 20.8. The molecule has 4 nitrogen and oxygen atoms in total. The van der Waals surface area contributed by atoms with E-state index in [0.717, 1.165) is 4.53 Å². The molecule has 0 unspecified atom stereocenters. The molecule has 0 aliphatic carbocycles. The molecule has 3 N–H and O–H groups in total. The molecule has 0 bridgehead atoms. The molecule has 0 saturated carbocycles. The van der Waals surface area contributed by atoms with Crippen molar-refractivity contribution < 1.29 is 34.7 Å². The van der Waals surface area contributed by atoms with Crippen molar-refractivity contribution in [1.29, 1.82) is 0 Å². The van der Waals surface area contributed by atoms with Crippen LogP contribution < -0.4 is 4.53 Å². The Kier molecular flexibility index (Phi) is 12.3. The number of unbranched alkanes of at least 4 members (excludes halogenated alkanes) is 6. The van der Waals surface area contributed by atoms with Crippen LogP contribution in [0, 0.1) is 0 Å². The van der Waals surface area contributed by atoms with Crippen molar-refractivity contribution in [1.82, 2.24) is 0 Å². The number of hydrogen-bond acceptors (Lipinski definition) is 1. The average molecular weight is 360 g/mol. The largest absolute Gasteiger partial charge is 0.466 e. The van der Waals surface area contributed by atoms with Crippen LogP contribution in [0.25, 0.3) is 0 Å². The van der Waals surface area contributed by atoms with Gasteiger partial charge in [-0.2, -0.15) is 0 Å². The maximum Gasteiger partial charge on any atom is 0.466 e. The molecule has 0 radical (unpaired) electrons. The molecule has 0 spiro atoms. The number of phosphoric acid groups is 1. The number of rotatable bonds is 8. The van der Waals surface area contributed by atoms with E-state index in [4.69, 9.17) is 34.7 Å². The van der Waals surface area contributed by atoms with Crippen LogP contribution in [0.2, 0.25) is 0 Å². The molecule has 0 atom stereocenters. The Bertz CT molecular complexity index is 394. The number of aryl methyl sites for hydroxylation is 1. The summed E-state index contributed by atoms with van der Waals surface area (Å²) in [7, 11) is -4.64. The predicted octanol–water partition coefficient (Wildman–Crippen LogP) is 3.22. The zero-order valence-corrected chi connectivity index (χ0v) is 14.4. The molecule has 1 aromatic carbocycles. The zero-order chi connectivity index (χ0) is 16.1. The van der Waals surface area contributed by atoms with E-state index in [-0.39, 0.29) is 0 Å². The summed E-state index contributed by atoms with van der Waals surface area (Å²) in [5.74, 6) is 0. The molecule has 21 heavy (non-hydrogen) atoms. The molecular formula is C15H26NiO4P. The molecular weight excluding hydrogens is 334 g/mol. The molecule has 0 aliphatic rings. The third kappa shape index (κ3) is 17.8. The average Bonchev–Trinajstić information content (AvgIpc) is 2.38. The summed E-state index contributed by atoms with van der Waals surface area (Å²) in [4.78, 5) is 21.6. The van der Waals surface area contributed by atoms with Crippen molar-refractivity contribution in [3.05, 3.63) is 29.8 Å². The van der Waals surface area contributed by atoms with Gasteiger partial charge < -0.3 is 14.7 Å². The molecule has 0 saturated heterocycles. The standard InChI is InChI=1S/C15H23.Ni.H3O4P/c1-2-3-4-5-6-7-9-12-15-13-10-8-11-14-15;;1-5(2,3)4/h10-11,13-14H,2-7,9,12H2,1H3;;(H3,1,2,3,4). The van der Waals surface area contributed by atoms with Crippen LogP contribution in [-0.2, 0) is 26.5 Å². The van der Waals surface area contributed by atoms with Crippen molar-refractivity contribution in [3.8, 4) is 0 Å². The minimum atomic E-state index is -4.64. The summed E-state index contributed by atoms with van der Waals surface area (Å²) in [5.41, 5.74) is 1.44. The third-order valence-corrected chi connectivity index (χ3v) is 3.29. The molecule has 1 aromatic rings. The monoisotopic (exact) mass is 359 g/mol. The van der Waals surface area contributed by atoms with Gasteiger partial charge in [-0.15, -0.1) is 0 Å². The minimum absolute atomic E-state index is 0.989. The SMILES string of the molecule is CCCCCCCCCc1cc[c]([Ni])cc1.O=P(O)(O)O. The fraction of sp³-hybridized carbons (Fsp3) is 0.600. The summed E-state index contributed by atoms with van der Waals surface area (Å²) in [6.45, 7) is 2.27. The van der Waals surface area contributed by atoms with Gasteiger partial charge in [-0.3, -0.25) is 0 Å². The Morgan fingerprint density at radius 3 is 1.81 bits per heavy atom. The Morgan fingerprint density at radius 2 is 1.33 bits per heavy atom. The summed E-state index contributed by atoms with van der Waals surface area (Å²) >= 11 is 4.77. The second kappa shape index (κ2) is 12.4. The molecule has 0 fully saturated rings. The maximum atomic E-state index is 8.88. The Balaban J connectivity index is 0.000000690. The van der Waals surface area contributed by atoms with Crippen molar-refractivity contribution in [3.63, 3.8) is 0 Å². The van der Waals surface area contributed by atoms with Gasteiger partial charge in [0.25, 0.3) is 0 Å². The second-order valence-corrected chi connectivity index (χ2v) is 6.57. The van der Waals surface area contributed by atoms with E-state index >= 15 is 0 Å². The van der Waals surface area contributed by atoms with E-state index in [0.29, 0.717) is 0 Å². The fourth-order valence-electron chi connectivity index (χ4n) is 1.93. The number of hydrogen-bond donors (Lipinski definition) is 3. The van der Waals surface area contributed by atoms with E-state index in [1.807, 2.05) is 0 Å². The minimum Gasteiger partial charge on any atom is -0.303 e. The van der Waals surface area contributed by atoms with Crippen molar-refractivity contribution in [2.75, 3.05) is 0 Å². The van der Waals surface area contributed by atoms with E-state index < -0.39 is 7.82 Å². The van der Waals surface area contributed by atoms with Crippen LogP contribution in [0.5, 0.6) is 0 Å². The van der Waals surface area contributed by atoms with Crippen LogP contribution in [-0.4, -0.2) is 14.7 Å². The molecule has 0 heterocycles. The predicted molar refractivity (Wildman–Crippen MR) is 82.0 cm³/mol. The smallest absolute Gasteiger partial charge is 0.303 e. The van der Waals surface area contributed by atoms with Crippen molar-refractivity contribution in [2.45, 2.75) is 58.3 Å². The van der Waals surface area contributed by atoms with E-state index in [2.05, 4.69) is 31.2 Å². The molecule has 1 rings (SSSR count). The Morgan fingerprint density at radius 1 is 0.905 bits per heavy atom. The van der Waals surface area contributed by atoms with Crippen molar-refractivity contribution in [2.24, 2.45) is 0 Å². The first-order valence-electron chi connectivity index (χ1n) is 7.32. The van der Waals surface area contributed by atoms with Gasteiger partial charge in [0.2, 0.25) is 0 Å². The van der Waals surface area contributed by atoms with Crippen LogP contribution in [0.15, 0.2) is 24.3 Å². The fourth-order valence-corrected chi connectivity index (χ4v) is 2.09. The molecule has 125 valence electrons. The molecule has 0 aromatic heterocycles. The van der Waals surface area contributed by atoms with Gasteiger partial charge in [0.05, 0.1) is 0 Å². The summed E-state index contributed by atoms with van der Waals surface area (Å²) in [6.07, 6.45) is 10.9. The zero-order valence-electron chi connectivity index (χ0n) is 12.5. The maximum absolute atomic E-state index is 8.88. The van der Waals surface area contributed by atoms with E-state index in [1.54, 1.807) is 0 Å². The summed E-state index contributed by atoms with van der Waals surface area (Å²) < 4.78 is 9.87. The van der Waals surface area contributed by atoms with Gasteiger partial charge in [-0.1, -0.05) is 6.92 Å². The van der Waals surface area contributed by atoms with Crippen LogP contribution in [0.1, 0.15) is 57.4 Å². The van der Waals surface area contributed by atoms with Gasteiger partial charge in [-0.25, -0.2) is 4.57 Å². The Hall–Kier alpha value is -0.176. The summed E-state index contributed by atoms with van der Waals surface area (Å²) in [6, 6.07) is 8.46. The summed E-state index contributed by atoms with van der Waals surface area (Å²) in [5, 5.41) is 0. The number of benzene rings is 1. The second-order valence-electron chi connectivity index (χ2n) is 4.98. The molecule has 0 amide bonds. The van der Waals surface area contributed by atoms with Gasteiger partial charge in [0.1, 0.15) is 0 Å². The quantitative estimate of drug-likeness (QED) is 0.378. The normalized spacial score (nSPS) is 11.0. The topological polar surface area (TPSA) is 77.8 Å². The van der Waals surface area contributed by atoms with Crippen molar-refractivity contribution >= 4 is 12.4 Å². The first-order chi connectivity index (χ1) is 9.83. The first-order valence-corrected chi connectivity index (χ1v) is 9.38.